The number of rotatable bonds is 4. The van der Waals surface area contributed by atoms with E-state index in [-0.39, 0.29) is 18.5 Å². The molecule has 26 heavy (non-hydrogen) atoms. The number of anilines is 1. The molecule has 0 saturated heterocycles. The first-order chi connectivity index (χ1) is 12.3. The summed E-state index contributed by atoms with van der Waals surface area (Å²) < 4.78 is 5.40. The highest BCUT2D eigenvalue weighted by molar-refractivity contribution is 5.93. The van der Waals surface area contributed by atoms with Crippen molar-refractivity contribution in [2.75, 3.05) is 11.9 Å². The van der Waals surface area contributed by atoms with Gasteiger partial charge in [-0.05, 0) is 87.5 Å². The third-order valence-corrected chi connectivity index (χ3v) is 6.30. The van der Waals surface area contributed by atoms with E-state index in [1.54, 1.807) is 0 Å². The largest absolute Gasteiger partial charge is 0.455 e. The second-order valence-corrected chi connectivity index (χ2v) is 8.97. The summed E-state index contributed by atoms with van der Waals surface area (Å²) in [7, 11) is 0. The van der Waals surface area contributed by atoms with Crippen LogP contribution in [-0.2, 0) is 14.3 Å². The van der Waals surface area contributed by atoms with E-state index in [0.717, 1.165) is 43.2 Å². The number of carbonyl (C=O) groups excluding carboxylic acids is 2. The Labute approximate surface area is 154 Å². The van der Waals surface area contributed by atoms with Crippen LogP contribution in [0, 0.1) is 31.1 Å². The van der Waals surface area contributed by atoms with Gasteiger partial charge < -0.3 is 15.2 Å². The number of benzene rings is 1. The van der Waals surface area contributed by atoms with Gasteiger partial charge in [0.2, 0.25) is 0 Å². The summed E-state index contributed by atoms with van der Waals surface area (Å²) in [4.78, 5) is 25.0. The molecule has 5 nitrogen and oxygen atoms in total. The smallest absolute Gasteiger partial charge is 0.312 e. The zero-order valence-corrected chi connectivity index (χ0v) is 15.5. The molecule has 1 aromatic rings. The van der Waals surface area contributed by atoms with Crippen LogP contribution in [0.5, 0.6) is 0 Å². The van der Waals surface area contributed by atoms with Crippen LogP contribution < -0.4 is 5.32 Å². The van der Waals surface area contributed by atoms with E-state index in [9.17, 15) is 14.7 Å². The summed E-state index contributed by atoms with van der Waals surface area (Å²) >= 11 is 0. The Balaban J connectivity index is 1.37. The lowest BCUT2D eigenvalue weighted by Crippen LogP contribution is -2.58. The van der Waals surface area contributed by atoms with Crippen molar-refractivity contribution in [3.8, 4) is 0 Å². The Morgan fingerprint density at radius 2 is 1.73 bits per heavy atom. The van der Waals surface area contributed by atoms with Gasteiger partial charge in [-0.25, -0.2) is 0 Å². The fourth-order valence-corrected chi connectivity index (χ4v) is 5.98. The van der Waals surface area contributed by atoms with Gasteiger partial charge in [-0.15, -0.1) is 0 Å². The number of hydrogen-bond acceptors (Lipinski definition) is 4. The highest BCUT2D eigenvalue weighted by Crippen LogP contribution is 2.61. The number of aliphatic hydroxyl groups is 1. The molecule has 140 valence electrons. The number of hydrogen-bond donors (Lipinski definition) is 2. The molecule has 2 atom stereocenters. The second kappa shape index (κ2) is 6.08. The summed E-state index contributed by atoms with van der Waals surface area (Å²) in [6.07, 6.45) is 4.82. The Kier molecular flexibility index (Phi) is 4.10. The maximum Gasteiger partial charge on any atom is 0.312 e. The highest BCUT2D eigenvalue weighted by Gasteiger charge is 2.60. The molecule has 1 amide bonds. The van der Waals surface area contributed by atoms with Crippen LogP contribution in [0.3, 0.4) is 0 Å². The lowest BCUT2D eigenvalue weighted by atomic mass is 9.48. The SMILES string of the molecule is Cc1cc(C)cc(NC(=O)COC(=O)C23CC4CC(CC(O)(C4)C2)C3)c1. The fourth-order valence-electron chi connectivity index (χ4n) is 5.98. The summed E-state index contributed by atoms with van der Waals surface area (Å²) in [6.45, 7) is 3.67. The third kappa shape index (κ3) is 3.25. The van der Waals surface area contributed by atoms with Crippen LogP contribution in [0.2, 0.25) is 0 Å². The maximum absolute atomic E-state index is 12.8. The first kappa shape index (κ1) is 17.5. The molecule has 0 aromatic heterocycles. The van der Waals surface area contributed by atoms with Crippen LogP contribution in [0.1, 0.15) is 49.7 Å². The van der Waals surface area contributed by atoms with Crippen molar-refractivity contribution < 1.29 is 19.4 Å². The van der Waals surface area contributed by atoms with E-state index in [4.69, 9.17) is 4.74 Å². The number of ether oxygens (including phenoxy) is 1. The van der Waals surface area contributed by atoms with E-state index in [2.05, 4.69) is 5.32 Å². The first-order valence-corrected chi connectivity index (χ1v) is 9.53. The van der Waals surface area contributed by atoms with Crippen LogP contribution in [0.15, 0.2) is 18.2 Å². The molecular weight excluding hydrogens is 330 g/mol. The van der Waals surface area contributed by atoms with Gasteiger partial charge in [0.1, 0.15) is 0 Å². The topological polar surface area (TPSA) is 75.6 Å². The van der Waals surface area contributed by atoms with E-state index in [1.165, 1.54) is 0 Å². The molecule has 0 heterocycles. The Morgan fingerprint density at radius 3 is 2.31 bits per heavy atom. The van der Waals surface area contributed by atoms with Crippen molar-refractivity contribution in [1.29, 1.82) is 0 Å². The number of amides is 1. The lowest BCUT2D eigenvalue weighted by Gasteiger charge is -2.58. The second-order valence-electron chi connectivity index (χ2n) is 8.97. The van der Waals surface area contributed by atoms with E-state index < -0.39 is 11.0 Å². The number of esters is 1. The average Bonchev–Trinajstić information content (AvgIpc) is 2.49. The van der Waals surface area contributed by atoms with Crippen molar-refractivity contribution in [2.45, 2.75) is 58.0 Å². The normalized spacial score (nSPS) is 34.6. The third-order valence-electron chi connectivity index (χ3n) is 6.30. The molecule has 0 aliphatic heterocycles. The van der Waals surface area contributed by atoms with Gasteiger partial charge in [0.05, 0.1) is 11.0 Å². The van der Waals surface area contributed by atoms with Gasteiger partial charge >= 0.3 is 5.97 Å². The summed E-state index contributed by atoms with van der Waals surface area (Å²) in [5, 5.41) is 13.5. The Morgan fingerprint density at radius 1 is 1.12 bits per heavy atom. The number of carbonyl (C=O) groups is 2. The molecule has 5 heteroatoms. The van der Waals surface area contributed by atoms with Crippen LogP contribution in [0.25, 0.3) is 0 Å². The molecule has 4 bridgehead atoms. The quantitative estimate of drug-likeness (QED) is 0.812. The van der Waals surface area contributed by atoms with E-state index in [1.807, 2.05) is 32.0 Å². The van der Waals surface area contributed by atoms with Crippen molar-refractivity contribution in [3.63, 3.8) is 0 Å². The molecule has 4 aliphatic carbocycles. The minimum atomic E-state index is -0.704. The zero-order chi connectivity index (χ0) is 18.5. The molecular formula is C21H27NO4. The predicted molar refractivity (Wildman–Crippen MR) is 97.6 cm³/mol. The molecule has 2 N–H and O–H groups in total. The van der Waals surface area contributed by atoms with Gasteiger partial charge in [0, 0.05) is 5.69 Å². The lowest BCUT2D eigenvalue weighted by molar-refractivity contribution is -0.196. The van der Waals surface area contributed by atoms with Gasteiger partial charge in [0.25, 0.3) is 5.91 Å². The maximum atomic E-state index is 12.8. The van der Waals surface area contributed by atoms with Crippen molar-refractivity contribution in [2.24, 2.45) is 17.3 Å². The predicted octanol–water partition coefficient (Wildman–Crippen LogP) is 3.12. The van der Waals surface area contributed by atoms with Gasteiger partial charge in [0.15, 0.2) is 6.61 Å². The van der Waals surface area contributed by atoms with Crippen LogP contribution >= 0.6 is 0 Å². The van der Waals surface area contributed by atoms with Crippen molar-refractivity contribution >= 4 is 17.6 Å². The highest BCUT2D eigenvalue weighted by atomic mass is 16.5. The van der Waals surface area contributed by atoms with Crippen LogP contribution in [0.4, 0.5) is 5.69 Å². The number of nitrogens with one attached hydrogen (secondary N) is 1. The first-order valence-electron chi connectivity index (χ1n) is 9.53. The summed E-state index contributed by atoms with van der Waals surface area (Å²) in [6, 6.07) is 5.82. The van der Waals surface area contributed by atoms with Crippen molar-refractivity contribution in [3.05, 3.63) is 29.3 Å². The molecule has 5 rings (SSSR count). The standard InChI is InChI=1S/C21H27NO4/c1-13-3-14(2)5-17(4-13)22-18(23)11-26-19(24)20-7-15-6-16(8-20)10-21(25,9-15)12-20/h3-5,15-16,25H,6-12H2,1-2H3,(H,22,23). The molecule has 0 spiro atoms. The van der Waals surface area contributed by atoms with E-state index in [0.29, 0.717) is 23.9 Å². The zero-order valence-electron chi connectivity index (χ0n) is 15.5. The van der Waals surface area contributed by atoms with Crippen molar-refractivity contribution in [1.82, 2.24) is 0 Å². The summed E-state index contributed by atoms with van der Waals surface area (Å²) in [5.41, 5.74) is 1.56. The molecule has 4 aliphatic rings. The van der Waals surface area contributed by atoms with Gasteiger partial charge in [-0.1, -0.05) is 6.07 Å². The molecule has 1 aromatic carbocycles. The summed E-state index contributed by atoms with van der Waals surface area (Å²) in [5.74, 6) is 0.197. The molecule has 0 radical (unpaired) electrons. The Hall–Kier alpha value is -1.88. The average molecular weight is 357 g/mol. The Bertz CT molecular complexity index is 722. The monoisotopic (exact) mass is 357 g/mol. The van der Waals surface area contributed by atoms with Crippen LogP contribution in [-0.4, -0.2) is 29.2 Å². The minimum Gasteiger partial charge on any atom is -0.455 e. The molecule has 4 saturated carbocycles. The molecule has 4 fully saturated rings. The minimum absolute atomic E-state index is 0.276. The molecule has 2 unspecified atom stereocenters. The number of aryl methyl sites for hydroxylation is 2. The fraction of sp³-hybridized carbons (Fsp3) is 0.619. The van der Waals surface area contributed by atoms with Gasteiger partial charge in [-0.2, -0.15) is 0 Å². The van der Waals surface area contributed by atoms with E-state index >= 15 is 0 Å². The van der Waals surface area contributed by atoms with Gasteiger partial charge in [-0.3, -0.25) is 9.59 Å².